The third-order valence-corrected chi connectivity index (χ3v) is 2.55. The maximum Gasteiger partial charge on any atom is 0.257 e. The molecule has 1 aliphatic rings. The third kappa shape index (κ3) is 1.44. The predicted molar refractivity (Wildman–Crippen MR) is 52.1 cm³/mol. The lowest BCUT2D eigenvalue weighted by molar-refractivity contribution is -0.139. The summed E-state index contributed by atoms with van der Waals surface area (Å²) in [5.41, 5.74) is 11.8. The average Bonchev–Trinajstić information content (AvgIpc) is 2.37. The normalized spacial score (nSPS) is 17.6. The van der Waals surface area contributed by atoms with Gasteiger partial charge in [0, 0.05) is 24.2 Å². The lowest BCUT2D eigenvalue weighted by Gasteiger charge is -2.23. The summed E-state index contributed by atoms with van der Waals surface area (Å²) in [4.78, 5) is 24.4. The van der Waals surface area contributed by atoms with Crippen molar-refractivity contribution in [1.82, 2.24) is 4.90 Å². The van der Waals surface area contributed by atoms with E-state index in [2.05, 4.69) is 0 Å². The summed E-state index contributed by atoms with van der Waals surface area (Å²) >= 11 is 0. The Morgan fingerprint density at radius 3 is 1.71 bits per heavy atom. The quantitative estimate of drug-likeness (QED) is 0.566. The summed E-state index contributed by atoms with van der Waals surface area (Å²) < 4.78 is 0. The molecule has 0 saturated heterocycles. The van der Waals surface area contributed by atoms with Gasteiger partial charge in [-0.05, 0) is 13.8 Å². The third-order valence-electron chi connectivity index (χ3n) is 2.55. The van der Waals surface area contributed by atoms with Gasteiger partial charge in [0.05, 0.1) is 6.04 Å². The van der Waals surface area contributed by atoms with E-state index in [1.165, 1.54) is 0 Å². The van der Waals surface area contributed by atoms with Gasteiger partial charge in [0.15, 0.2) is 0 Å². The molecule has 1 heterocycles. The fourth-order valence-corrected chi connectivity index (χ4v) is 1.41. The fourth-order valence-electron chi connectivity index (χ4n) is 1.41. The molecule has 0 fully saturated rings. The van der Waals surface area contributed by atoms with Crippen LogP contribution in [0.3, 0.4) is 0 Å². The second-order valence-corrected chi connectivity index (χ2v) is 3.36. The molecule has 2 amide bonds. The average molecular weight is 197 g/mol. The summed E-state index contributed by atoms with van der Waals surface area (Å²) in [5, 5.41) is 0. The zero-order valence-corrected chi connectivity index (χ0v) is 8.41. The SMILES string of the molecule is CC1=C(C)C(=O)N(C(CN)CN)C1=O. The van der Waals surface area contributed by atoms with Gasteiger partial charge in [-0.2, -0.15) is 0 Å². The molecule has 0 radical (unpaired) electrons. The van der Waals surface area contributed by atoms with Crippen LogP contribution in [-0.4, -0.2) is 35.8 Å². The highest BCUT2D eigenvalue weighted by Crippen LogP contribution is 2.21. The molecule has 0 aromatic carbocycles. The first-order valence-electron chi connectivity index (χ1n) is 4.50. The summed E-state index contributed by atoms with van der Waals surface area (Å²) in [7, 11) is 0. The van der Waals surface area contributed by atoms with E-state index < -0.39 is 0 Å². The molecule has 0 bridgehead atoms. The van der Waals surface area contributed by atoms with Gasteiger partial charge in [-0.3, -0.25) is 14.5 Å². The van der Waals surface area contributed by atoms with E-state index in [4.69, 9.17) is 11.5 Å². The largest absolute Gasteiger partial charge is 0.328 e. The van der Waals surface area contributed by atoms with Crippen LogP contribution in [0, 0.1) is 0 Å². The molecular formula is C9H15N3O2. The van der Waals surface area contributed by atoms with Crippen molar-refractivity contribution in [3.05, 3.63) is 11.1 Å². The van der Waals surface area contributed by atoms with Crippen LogP contribution in [0.4, 0.5) is 0 Å². The van der Waals surface area contributed by atoms with Crippen LogP contribution in [0.15, 0.2) is 11.1 Å². The minimum absolute atomic E-state index is 0.203. The van der Waals surface area contributed by atoms with Crippen molar-refractivity contribution in [2.45, 2.75) is 19.9 Å². The topological polar surface area (TPSA) is 89.4 Å². The minimum Gasteiger partial charge on any atom is -0.328 e. The van der Waals surface area contributed by atoms with Crippen LogP contribution in [0.2, 0.25) is 0 Å². The Hall–Kier alpha value is -1.20. The van der Waals surface area contributed by atoms with Crippen LogP contribution in [0.5, 0.6) is 0 Å². The molecule has 0 saturated carbocycles. The van der Waals surface area contributed by atoms with Crippen molar-refractivity contribution >= 4 is 11.8 Å². The van der Waals surface area contributed by atoms with Gasteiger partial charge >= 0.3 is 0 Å². The predicted octanol–water partition coefficient (Wildman–Crippen LogP) is -1.02. The first kappa shape index (κ1) is 10.9. The number of carbonyl (C=O) groups excluding carboxylic acids is 2. The number of rotatable bonds is 3. The van der Waals surface area contributed by atoms with Crippen LogP contribution in [-0.2, 0) is 9.59 Å². The first-order valence-corrected chi connectivity index (χ1v) is 4.50. The Morgan fingerprint density at radius 2 is 1.43 bits per heavy atom. The van der Waals surface area contributed by atoms with E-state index in [0.717, 1.165) is 4.90 Å². The summed E-state index contributed by atoms with van der Waals surface area (Å²) in [6.45, 7) is 3.68. The molecular weight excluding hydrogens is 182 g/mol. The van der Waals surface area contributed by atoms with Crippen molar-refractivity contribution in [3.8, 4) is 0 Å². The highest BCUT2D eigenvalue weighted by atomic mass is 16.2. The van der Waals surface area contributed by atoms with Crippen LogP contribution in [0.25, 0.3) is 0 Å². The van der Waals surface area contributed by atoms with E-state index in [1.807, 2.05) is 0 Å². The Labute approximate surface area is 82.7 Å². The molecule has 0 aromatic heterocycles. The fraction of sp³-hybridized carbons (Fsp3) is 0.556. The minimum atomic E-state index is -0.387. The van der Waals surface area contributed by atoms with Crippen molar-refractivity contribution < 1.29 is 9.59 Å². The molecule has 5 nitrogen and oxygen atoms in total. The Balaban J connectivity index is 2.96. The molecule has 1 rings (SSSR count). The maximum atomic E-state index is 11.6. The van der Waals surface area contributed by atoms with Gasteiger partial charge in [0.1, 0.15) is 0 Å². The zero-order chi connectivity index (χ0) is 10.9. The molecule has 0 unspecified atom stereocenters. The number of hydrogen-bond donors (Lipinski definition) is 2. The van der Waals surface area contributed by atoms with E-state index in [1.54, 1.807) is 13.8 Å². The molecule has 14 heavy (non-hydrogen) atoms. The van der Waals surface area contributed by atoms with Crippen LogP contribution >= 0.6 is 0 Å². The number of amides is 2. The lowest BCUT2D eigenvalue weighted by Crippen LogP contribution is -2.49. The summed E-state index contributed by atoms with van der Waals surface area (Å²) in [6.07, 6.45) is 0. The van der Waals surface area contributed by atoms with E-state index in [-0.39, 0.29) is 30.9 Å². The van der Waals surface area contributed by atoms with Crippen LogP contribution < -0.4 is 11.5 Å². The number of imide groups is 1. The van der Waals surface area contributed by atoms with Crippen molar-refractivity contribution in [1.29, 1.82) is 0 Å². The van der Waals surface area contributed by atoms with Crippen molar-refractivity contribution in [2.24, 2.45) is 11.5 Å². The first-order chi connectivity index (χ1) is 6.54. The van der Waals surface area contributed by atoms with Crippen LogP contribution in [0.1, 0.15) is 13.8 Å². The van der Waals surface area contributed by atoms with E-state index in [9.17, 15) is 9.59 Å². The number of nitrogens with two attached hydrogens (primary N) is 2. The standard InChI is InChI=1S/C9H15N3O2/c1-5-6(2)9(14)12(8(5)13)7(3-10)4-11/h7H,3-4,10-11H2,1-2H3. The maximum absolute atomic E-state index is 11.6. The molecule has 4 N–H and O–H groups in total. The van der Waals surface area contributed by atoms with Gasteiger partial charge in [-0.1, -0.05) is 0 Å². The lowest BCUT2D eigenvalue weighted by atomic mass is 10.2. The van der Waals surface area contributed by atoms with Crippen molar-refractivity contribution in [2.75, 3.05) is 13.1 Å². The van der Waals surface area contributed by atoms with Gasteiger partial charge in [-0.25, -0.2) is 0 Å². The molecule has 1 aliphatic heterocycles. The van der Waals surface area contributed by atoms with Gasteiger partial charge in [0.25, 0.3) is 11.8 Å². The Morgan fingerprint density at radius 1 is 1.07 bits per heavy atom. The summed E-state index contributed by atoms with van der Waals surface area (Å²) in [6, 6.07) is -0.387. The monoisotopic (exact) mass is 197 g/mol. The van der Waals surface area contributed by atoms with Gasteiger partial charge in [0.2, 0.25) is 0 Å². The smallest absolute Gasteiger partial charge is 0.257 e. The second-order valence-electron chi connectivity index (χ2n) is 3.36. The molecule has 0 atom stereocenters. The van der Waals surface area contributed by atoms with Gasteiger partial charge in [-0.15, -0.1) is 0 Å². The zero-order valence-electron chi connectivity index (χ0n) is 8.41. The number of nitrogens with zero attached hydrogens (tertiary/aromatic N) is 1. The van der Waals surface area contributed by atoms with E-state index in [0.29, 0.717) is 11.1 Å². The highest BCUT2D eigenvalue weighted by Gasteiger charge is 2.36. The second kappa shape index (κ2) is 3.89. The summed E-state index contributed by atoms with van der Waals surface area (Å²) in [5.74, 6) is -0.540. The van der Waals surface area contributed by atoms with Gasteiger partial charge < -0.3 is 11.5 Å². The Bertz CT molecular complexity index is 281. The number of carbonyl (C=O) groups is 2. The Kier molecular flexibility index (Phi) is 3.03. The van der Waals surface area contributed by atoms with Crippen molar-refractivity contribution in [3.63, 3.8) is 0 Å². The molecule has 0 aromatic rings. The molecule has 5 heteroatoms. The number of hydrogen-bond acceptors (Lipinski definition) is 4. The molecule has 78 valence electrons. The highest BCUT2D eigenvalue weighted by molar-refractivity contribution is 6.19. The molecule has 0 aliphatic carbocycles. The molecule has 0 spiro atoms. The van der Waals surface area contributed by atoms with E-state index >= 15 is 0 Å².